The van der Waals surface area contributed by atoms with E-state index in [1.54, 1.807) is 0 Å². The lowest BCUT2D eigenvalue weighted by atomic mass is 9.93. The fourth-order valence-corrected chi connectivity index (χ4v) is 5.10. The zero-order valence-corrected chi connectivity index (χ0v) is 20.1. The predicted molar refractivity (Wildman–Crippen MR) is 136 cm³/mol. The number of rotatable bonds is 5. The Bertz CT molecular complexity index is 1430. The fourth-order valence-electron chi connectivity index (χ4n) is 5.10. The molecule has 1 amide bonds. The Morgan fingerprint density at radius 1 is 1.20 bits per heavy atom. The van der Waals surface area contributed by atoms with Gasteiger partial charge < -0.3 is 19.9 Å². The van der Waals surface area contributed by atoms with Crippen LogP contribution in [0.5, 0.6) is 11.6 Å². The molecule has 1 aliphatic rings. The number of amides is 1. The van der Waals surface area contributed by atoms with Crippen LogP contribution < -0.4 is 10.5 Å². The summed E-state index contributed by atoms with van der Waals surface area (Å²) in [6, 6.07) is 13.7. The van der Waals surface area contributed by atoms with Gasteiger partial charge in [-0.25, -0.2) is 15.0 Å². The van der Waals surface area contributed by atoms with Gasteiger partial charge in [0.25, 0.3) is 0 Å². The monoisotopic (exact) mass is 468 g/mol. The molecule has 1 aliphatic heterocycles. The fraction of sp³-hybridized carbons (Fsp3) is 0.259. The Balaban J connectivity index is 1.58. The highest BCUT2D eigenvalue weighted by Gasteiger charge is 2.36. The lowest BCUT2D eigenvalue weighted by Gasteiger charge is -2.19. The molecule has 1 fully saturated rings. The third kappa shape index (κ3) is 4.01. The number of likely N-dealkylation sites (tertiary alicyclic amines) is 1. The quantitative estimate of drug-likeness (QED) is 0.430. The summed E-state index contributed by atoms with van der Waals surface area (Å²) in [6.07, 6.45) is 3.71. The van der Waals surface area contributed by atoms with Crippen LogP contribution >= 0.6 is 0 Å². The normalized spacial score (nSPS) is 17.6. The van der Waals surface area contributed by atoms with Crippen LogP contribution in [0.1, 0.15) is 30.7 Å². The summed E-state index contributed by atoms with van der Waals surface area (Å²) in [4.78, 5) is 27.5. The van der Waals surface area contributed by atoms with Gasteiger partial charge in [0.1, 0.15) is 23.5 Å². The van der Waals surface area contributed by atoms with Gasteiger partial charge in [-0.2, -0.15) is 0 Å². The molecule has 35 heavy (non-hydrogen) atoms. The molecule has 8 nitrogen and oxygen atoms in total. The summed E-state index contributed by atoms with van der Waals surface area (Å²) in [5, 5.41) is 0.820. The molecule has 4 heterocycles. The molecule has 1 saturated heterocycles. The van der Waals surface area contributed by atoms with Crippen LogP contribution in [0.4, 0.5) is 5.82 Å². The van der Waals surface area contributed by atoms with Gasteiger partial charge in [0, 0.05) is 48.6 Å². The SMILES string of the molecule is C=CC(=O)N1CC(c2c(-c3ccc(Oc4cccc(C)n4)cc3)c3c(N)ncnc3n2C)C[C@H]1C. The number of hydrogen-bond donors (Lipinski definition) is 1. The van der Waals surface area contributed by atoms with E-state index in [0.717, 1.165) is 40.0 Å². The van der Waals surface area contributed by atoms with Crippen LogP contribution in [0.15, 0.2) is 61.4 Å². The number of hydrogen-bond acceptors (Lipinski definition) is 6. The van der Waals surface area contributed by atoms with Crippen LogP contribution in [0.2, 0.25) is 0 Å². The number of benzene rings is 1. The highest BCUT2D eigenvalue weighted by atomic mass is 16.5. The van der Waals surface area contributed by atoms with Crippen LogP contribution in [-0.4, -0.2) is 42.9 Å². The second kappa shape index (κ2) is 8.87. The number of fused-ring (bicyclic) bond motifs is 1. The molecule has 1 unspecified atom stereocenters. The number of pyridine rings is 1. The van der Waals surface area contributed by atoms with E-state index < -0.39 is 0 Å². The Morgan fingerprint density at radius 3 is 2.69 bits per heavy atom. The third-order valence-corrected chi connectivity index (χ3v) is 6.69. The van der Waals surface area contributed by atoms with E-state index >= 15 is 0 Å². The number of aromatic nitrogens is 4. The Hall–Kier alpha value is -4.20. The minimum Gasteiger partial charge on any atom is -0.439 e. The molecule has 0 radical (unpaired) electrons. The lowest BCUT2D eigenvalue weighted by molar-refractivity contribution is -0.126. The molecule has 0 bridgehead atoms. The molecular weight excluding hydrogens is 440 g/mol. The van der Waals surface area contributed by atoms with Gasteiger partial charge in [-0.3, -0.25) is 4.79 Å². The molecule has 5 rings (SSSR count). The number of carbonyl (C=O) groups is 1. The molecular formula is C27H28N6O2. The van der Waals surface area contributed by atoms with Gasteiger partial charge in [-0.05, 0) is 50.1 Å². The van der Waals surface area contributed by atoms with Gasteiger partial charge in [-0.1, -0.05) is 24.8 Å². The van der Waals surface area contributed by atoms with Crippen molar-refractivity contribution in [1.29, 1.82) is 0 Å². The number of ether oxygens (including phenoxy) is 1. The summed E-state index contributed by atoms with van der Waals surface area (Å²) in [5.41, 5.74) is 11.1. The third-order valence-electron chi connectivity index (χ3n) is 6.69. The van der Waals surface area contributed by atoms with Crippen LogP contribution in [0.25, 0.3) is 22.2 Å². The summed E-state index contributed by atoms with van der Waals surface area (Å²) in [7, 11) is 2.00. The molecule has 2 N–H and O–H groups in total. The first-order valence-corrected chi connectivity index (χ1v) is 11.6. The number of nitrogens with zero attached hydrogens (tertiary/aromatic N) is 5. The van der Waals surface area contributed by atoms with E-state index in [-0.39, 0.29) is 17.9 Å². The van der Waals surface area contributed by atoms with Gasteiger partial charge in [0.2, 0.25) is 11.8 Å². The first-order chi connectivity index (χ1) is 16.9. The number of nitrogens with two attached hydrogens (primary N) is 1. The Morgan fingerprint density at radius 2 is 1.97 bits per heavy atom. The molecule has 0 saturated carbocycles. The second-order valence-electron chi connectivity index (χ2n) is 9.00. The molecule has 178 valence electrons. The molecule has 0 aliphatic carbocycles. The smallest absolute Gasteiger partial charge is 0.246 e. The van der Waals surface area contributed by atoms with E-state index in [4.69, 9.17) is 10.5 Å². The molecule has 3 aromatic heterocycles. The highest BCUT2D eigenvalue weighted by Crippen LogP contribution is 2.43. The molecule has 1 aromatic carbocycles. The maximum Gasteiger partial charge on any atom is 0.246 e. The largest absolute Gasteiger partial charge is 0.439 e. The van der Waals surface area contributed by atoms with Crippen LogP contribution in [0, 0.1) is 6.92 Å². The van der Waals surface area contributed by atoms with Crippen molar-refractivity contribution < 1.29 is 9.53 Å². The molecule has 8 heteroatoms. The van der Waals surface area contributed by atoms with E-state index in [9.17, 15) is 4.79 Å². The van der Waals surface area contributed by atoms with Crippen molar-refractivity contribution >= 4 is 22.8 Å². The summed E-state index contributed by atoms with van der Waals surface area (Å²) in [5.74, 6) is 1.74. The highest BCUT2D eigenvalue weighted by molar-refractivity contribution is 6.02. The lowest BCUT2D eigenvalue weighted by Crippen LogP contribution is -2.32. The van der Waals surface area contributed by atoms with Crippen molar-refractivity contribution in [3.8, 4) is 22.8 Å². The van der Waals surface area contributed by atoms with Crippen molar-refractivity contribution in [2.24, 2.45) is 7.05 Å². The second-order valence-corrected chi connectivity index (χ2v) is 9.00. The van der Waals surface area contributed by atoms with E-state index in [1.807, 2.05) is 61.3 Å². The maximum absolute atomic E-state index is 12.4. The average molecular weight is 469 g/mol. The first-order valence-electron chi connectivity index (χ1n) is 11.6. The van der Waals surface area contributed by atoms with Crippen molar-refractivity contribution in [1.82, 2.24) is 24.4 Å². The standard InChI is InChI=1S/C27H28N6O2/c1-5-22(34)33-14-19(13-17(33)3)25-23(24-26(28)29-15-30-27(24)32(25)4)18-9-11-20(12-10-18)35-21-8-6-7-16(2)31-21/h5-12,15,17,19H,1,13-14H2,2-4H3,(H2,28,29,30)/t17-,19?/m1/s1. The van der Waals surface area contributed by atoms with Gasteiger partial charge in [-0.15, -0.1) is 0 Å². The zero-order valence-electron chi connectivity index (χ0n) is 20.1. The number of aryl methyl sites for hydroxylation is 2. The van der Waals surface area contributed by atoms with Crippen molar-refractivity contribution in [3.63, 3.8) is 0 Å². The summed E-state index contributed by atoms with van der Waals surface area (Å²) < 4.78 is 8.03. The van der Waals surface area contributed by atoms with E-state index in [2.05, 4.69) is 33.0 Å². The first kappa shape index (κ1) is 22.6. The molecule has 0 spiro atoms. The Labute approximate surface area is 204 Å². The maximum atomic E-state index is 12.4. The zero-order chi connectivity index (χ0) is 24.7. The van der Waals surface area contributed by atoms with Gasteiger partial charge in [0.15, 0.2) is 0 Å². The van der Waals surface area contributed by atoms with E-state index in [1.165, 1.54) is 12.4 Å². The van der Waals surface area contributed by atoms with Crippen molar-refractivity contribution in [2.75, 3.05) is 12.3 Å². The number of anilines is 1. The van der Waals surface area contributed by atoms with Crippen LogP contribution in [-0.2, 0) is 11.8 Å². The van der Waals surface area contributed by atoms with Gasteiger partial charge >= 0.3 is 0 Å². The minimum atomic E-state index is -0.0501. The van der Waals surface area contributed by atoms with Crippen molar-refractivity contribution in [3.05, 3.63) is 72.8 Å². The van der Waals surface area contributed by atoms with Gasteiger partial charge in [0.05, 0.1) is 5.39 Å². The number of nitrogen functional groups attached to an aromatic ring is 1. The summed E-state index contributed by atoms with van der Waals surface area (Å²) >= 11 is 0. The predicted octanol–water partition coefficient (Wildman–Crippen LogP) is 4.60. The summed E-state index contributed by atoms with van der Waals surface area (Å²) in [6.45, 7) is 8.27. The topological polar surface area (TPSA) is 99.2 Å². The van der Waals surface area contributed by atoms with Crippen molar-refractivity contribution in [2.45, 2.75) is 32.2 Å². The Kier molecular flexibility index (Phi) is 5.72. The number of carbonyl (C=O) groups excluding carboxylic acids is 1. The minimum absolute atomic E-state index is 0.0501. The van der Waals surface area contributed by atoms with E-state index in [0.29, 0.717) is 24.0 Å². The average Bonchev–Trinajstić information content (AvgIpc) is 3.37. The molecule has 4 aromatic rings. The molecule has 2 atom stereocenters. The van der Waals surface area contributed by atoms with Crippen LogP contribution in [0.3, 0.4) is 0 Å².